The first-order valence-corrected chi connectivity index (χ1v) is 5.18. The van der Waals surface area contributed by atoms with Gasteiger partial charge in [-0.15, -0.1) is 0 Å². The zero-order valence-corrected chi connectivity index (χ0v) is 7.36. The number of amides is 1. The van der Waals surface area contributed by atoms with Crippen LogP contribution in [0.2, 0.25) is 0 Å². The number of carbonyl (C=O) groups excluding carboxylic acids is 1. The van der Waals surface area contributed by atoms with Gasteiger partial charge >= 0.3 is 5.24 Å². The maximum absolute atomic E-state index is 10.7. The third-order valence-corrected chi connectivity index (χ3v) is 2.76. The molecule has 0 fully saturated rings. The molecule has 0 aromatic heterocycles. The molecule has 66 valence electrons. The van der Waals surface area contributed by atoms with E-state index in [2.05, 4.69) is 5.73 Å². The summed E-state index contributed by atoms with van der Waals surface area (Å²) in [5.74, 6) is -0.115. The maximum Gasteiger partial charge on any atom is 0.333 e. The van der Waals surface area contributed by atoms with Crippen LogP contribution in [0, 0.1) is 0 Å². The molecule has 0 radical (unpaired) electrons. The molecular formula is C6H13NO3S. The quantitative estimate of drug-likeness (QED) is 0.644. The molecule has 0 saturated carbocycles. The van der Waals surface area contributed by atoms with Crippen LogP contribution in [0.15, 0.2) is 0 Å². The summed E-state index contributed by atoms with van der Waals surface area (Å²) in [6.45, 7) is 1.96. The summed E-state index contributed by atoms with van der Waals surface area (Å²) in [5, 5.41) is -1.21. The first-order valence-electron chi connectivity index (χ1n) is 3.53. The highest BCUT2D eigenvalue weighted by Crippen LogP contribution is 1.99. The normalized spacial score (nSPS) is 11.4. The van der Waals surface area contributed by atoms with Crippen molar-refractivity contribution in [1.82, 2.24) is 0 Å². The van der Waals surface area contributed by atoms with Crippen LogP contribution >= 0.6 is 0 Å². The second-order valence-corrected chi connectivity index (χ2v) is 4.39. The number of sulfone groups is 1. The van der Waals surface area contributed by atoms with Gasteiger partial charge in [-0.2, -0.15) is 0 Å². The van der Waals surface area contributed by atoms with Crippen LogP contribution < -0.4 is 5.73 Å². The van der Waals surface area contributed by atoms with Crippen LogP contribution in [0.5, 0.6) is 0 Å². The van der Waals surface area contributed by atoms with Gasteiger partial charge in [-0.25, -0.2) is 8.42 Å². The van der Waals surface area contributed by atoms with Crippen LogP contribution in [-0.2, 0) is 9.84 Å². The van der Waals surface area contributed by atoms with Gasteiger partial charge in [0.15, 0.2) is 0 Å². The number of unbranched alkanes of at least 4 members (excludes halogenated alkanes) is 2. The second-order valence-electron chi connectivity index (χ2n) is 2.35. The summed E-state index contributed by atoms with van der Waals surface area (Å²) in [7, 11) is -3.63. The third kappa shape index (κ3) is 3.98. The number of hydrogen-bond acceptors (Lipinski definition) is 3. The Balaban J connectivity index is 3.85. The molecule has 0 unspecified atom stereocenters. The number of primary amides is 1. The van der Waals surface area contributed by atoms with Crippen molar-refractivity contribution in [2.75, 3.05) is 5.75 Å². The van der Waals surface area contributed by atoms with E-state index in [0.717, 1.165) is 12.8 Å². The molecule has 0 aliphatic rings. The van der Waals surface area contributed by atoms with Gasteiger partial charge < -0.3 is 5.73 Å². The zero-order chi connectivity index (χ0) is 8.91. The standard InChI is InChI=1S/C6H13NO3S/c1-2-3-4-5-11(9,10)6(7)8/h2-5H2,1H3,(H2,7,8). The van der Waals surface area contributed by atoms with Crippen molar-refractivity contribution in [3.63, 3.8) is 0 Å². The van der Waals surface area contributed by atoms with E-state index in [1.807, 2.05) is 6.92 Å². The average molecular weight is 179 g/mol. The lowest BCUT2D eigenvalue weighted by molar-refractivity contribution is 0.265. The molecule has 0 saturated heterocycles. The molecule has 0 rings (SSSR count). The van der Waals surface area contributed by atoms with Crippen molar-refractivity contribution in [3.05, 3.63) is 0 Å². The Hall–Kier alpha value is -0.580. The highest BCUT2D eigenvalue weighted by atomic mass is 32.2. The minimum atomic E-state index is -3.63. The Bertz CT molecular complexity index is 220. The van der Waals surface area contributed by atoms with Gasteiger partial charge in [0, 0.05) is 0 Å². The van der Waals surface area contributed by atoms with Crippen LogP contribution in [0.3, 0.4) is 0 Å². The lowest BCUT2D eigenvalue weighted by Gasteiger charge is -1.96. The van der Waals surface area contributed by atoms with Gasteiger partial charge in [0.2, 0.25) is 9.84 Å². The van der Waals surface area contributed by atoms with Crippen LogP contribution in [-0.4, -0.2) is 19.4 Å². The fraction of sp³-hybridized carbons (Fsp3) is 0.833. The number of nitrogens with two attached hydrogens (primary N) is 1. The Kier molecular flexibility index (Phi) is 4.10. The zero-order valence-electron chi connectivity index (χ0n) is 6.54. The third-order valence-electron chi connectivity index (χ3n) is 1.32. The van der Waals surface area contributed by atoms with Gasteiger partial charge in [0.1, 0.15) is 0 Å². The Morgan fingerprint density at radius 3 is 2.27 bits per heavy atom. The lowest BCUT2D eigenvalue weighted by Crippen LogP contribution is -2.24. The Morgan fingerprint density at radius 2 is 1.91 bits per heavy atom. The molecule has 1 amide bonds. The first kappa shape index (κ1) is 10.4. The fourth-order valence-corrected chi connectivity index (χ4v) is 1.43. The van der Waals surface area contributed by atoms with Gasteiger partial charge in [-0.1, -0.05) is 19.8 Å². The van der Waals surface area contributed by atoms with E-state index in [0.29, 0.717) is 6.42 Å². The highest BCUT2D eigenvalue weighted by Gasteiger charge is 2.16. The lowest BCUT2D eigenvalue weighted by atomic mass is 10.3. The first-order chi connectivity index (χ1) is 5.00. The SMILES string of the molecule is CCCCCS(=O)(=O)C(N)=O. The number of hydrogen-bond donors (Lipinski definition) is 1. The van der Waals surface area contributed by atoms with Crippen molar-refractivity contribution >= 4 is 15.1 Å². The molecule has 0 heterocycles. The van der Waals surface area contributed by atoms with Gasteiger partial charge in [-0.05, 0) is 6.42 Å². The molecule has 5 heteroatoms. The Morgan fingerprint density at radius 1 is 1.36 bits per heavy atom. The van der Waals surface area contributed by atoms with E-state index in [4.69, 9.17) is 0 Å². The molecule has 11 heavy (non-hydrogen) atoms. The van der Waals surface area contributed by atoms with Gasteiger partial charge in [0.25, 0.3) is 0 Å². The summed E-state index contributed by atoms with van der Waals surface area (Å²) in [5.41, 5.74) is 4.63. The van der Waals surface area contributed by atoms with Crippen molar-refractivity contribution in [2.45, 2.75) is 26.2 Å². The number of rotatable bonds is 4. The second kappa shape index (κ2) is 4.33. The van der Waals surface area contributed by atoms with Crippen LogP contribution in [0.4, 0.5) is 4.79 Å². The van der Waals surface area contributed by atoms with Crippen molar-refractivity contribution in [3.8, 4) is 0 Å². The average Bonchev–Trinajstić information content (AvgIpc) is 1.88. The largest absolute Gasteiger partial charge is 0.356 e. The van der Waals surface area contributed by atoms with Crippen molar-refractivity contribution in [1.29, 1.82) is 0 Å². The molecule has 0 bridgehead atoms. The summed E-state index contributed by atoms with van der Waals surface area (Å²) in [6.07, 6.45) is 2.25. The molecule has 0 spiro atoms. The smallest absolute Gasteiger partial charge is 0.333 e. The maximum atomic E-state index is 10.7. The minimum Gasteiger partial charge on any atom is -0.356 e. The van der Waals surface area contributed by atoms with Crippen molar-refractivity contribution < 1.29 is 13.2 Å². The fourth-order valence-electron chi connectivity index (χ4n) is 0.643. The molecular weight excluding hydrogens is 166 g/mol. The molecule has 0 atom stereocenters. The van der Waals surface area contributed by atoms with E-state index in [-0.39, 0.29) is 5.75 Å². The molecule has 2 N–H and O–H groups in total. The predicted octanol–water partition coefficient (Wildman–Crippen LogP) is 0.670. The summed E-state index contributed by atoms with van der Waals surface area (Å²) < 4.78 is 21.5. The molecule has 4 nitrogen and oxygen atoms in total. The Labute approximate surface area is 66.7 Å². The summed E-state index contributed by atoms with van der Waals surface area (Å²) in [6, 6.07) is 0. The molecule has 0 aromatic carbocycles. The highest BCUT2D eigenvalue weighted by molar-refractivity contribution is 8.05. The molecule has 0 aliphatic heterocycles. The molecule has 0 aliphatic carbocycles. The van der Waals surface area contributed by atoms with Gasteiger partial charge in [0.05, 0.1) is 5.75 Å². The van der Waals surface area contributed by atoms with E-state index < -0.39 is 15.1 Å². The topological polar surface area (TPSA) is 77.2 Å². The van der Waals surface area contributed by atoms with Crippen LogP contribution in [0.1, 0.15) is 26.2 Å². The predicted molar refractivity (Wildman–Crippen MR) is 42.9 cm³/mol. The summed E-state index contributed by atoms with van der Waals surface area (Å²) >= 11 is 0. The van der Waals surface area contributed by atoms with E-state index in [9.17, 15) is 13.2 Å². The van der Waals surface area contributed by atoms with E-state index in [1.54, 1.807) is 0 Å². The van der Waals surface area contributed by atoms with Crippen molar-refractivity contribution in [2.24, 2.45) is 5.73 Å². The van der Waals surface area contributed by atoms with Gasteiger partial charge in [-0.3, -0.25) is 4.79 Å². The summed E-state index contributed by atoms with van der Waals surface area (Å²) in [4.78, 5) is 10.2. The minimum absolute atomic E-state index is 0.115. The van der Waals surface area contributed by atoms with E-state index >= 15 is 0 Å². The van der Waals surface area contributed by atoms with Crippen LogP contribution in [0.25, 0.3) is 0 Å². The molecule has 0 aromatic rings. The monoisotopic (exact) mass is 179 g/mol. The van der Waals surface area contributed by atoms with E-state index in [1.165, 1.54) is 0 Å². The number of carbonyl (C=O) groups is 1.